The van der Waals surface area contributed by atoms with E-state index in [0.717, 1.165) is 17.0 Å². The maximum absolute atomic E-state index is 11.2. The van der Waals surface area contributed by atoms with Gasteiger partial charge in [0.2, 0.25) is 5.91 Å². The first-order chi connectivity index (χ1) is 7.28. The molecule has 1 aliphatic heterocycles. The van der Waals surface area contributed by atoms with Crippen LogP contribution in [-0.4, -0.2) is 13.0 Å². The maximum atomic E-state index is 11.2. The zero-order valence-corrected chi connectivity index (χ0v) is 8.67. The van der Waals surface area contributed by atoms with E-state index in [1.165, 1.54) is 18.4 Å². The van der Waals surface area contributed by atoms with Crippen molar-refractivity contribution < 1.29 is 9.53 Å². The van der Waals surface area contributed by atoms with E-state index < -0.39 is 0 Å². The Hall–Kier alpha value is -1.51. The Morgan fingerprint density at radius 3 is 2.87 bits per heavy atom. The van der Waals surface area contributed by atoms with Crippen molar-refractivity contribution in [2.75, 3.05) is 12.4 Å². The predicted molar refractivity (Wildman–Crippen MR) is 57.3 cm³/mol. The van der Waals surface area contributed by atoms with Crippen LogP contribution in [0.15, 0.2) is 12.1 Å². The zero-order chi connectivity index (χ0) is 10.4. The minimum absolute atomic E-state index is 0.0833. The molecule has 1 aromatic carbocycles. The molecule has 1 amide bonds. The van der Waals surface area contributed by atoms with E-state index in [9.17, 15) is 4.79 Å². The summed E-state index contributed by atoms with van der Waals surface area (Å²) in [4.78, 5) is 11.2. The molecule has 3 heteroatoms. The smallest absolute Gasteiger partial charge is 0.228 e. The van der Waals surface area contributed by atoms with Gasteiger partial charge in [0.05, 0.1) is 13.5 Å². The van der Waals surface area contributed by atoms with Crippen molar-refractivity contribution >= 4 is 11.6 Å². The molecule has 0 atom stereocenters. The Labute approximate surface area is 88.4 Å². The van der Waals surface area contributed by atoms with Crippen molar-refractivity contribution in [1.82, 2.24) is 0 Å². The Kier molecular flexibility index (Phi) is 1.75. The molecule has 3 nitrogen and oxygen atoms in total. The summed E-state index contributed by atoms with van der Waals surface area (Å²) in [6, 6.07) is 4.08. The average molecular weight is 203 g/mol. The third-order valence-electron chi connectivity index (χ3n) is 3.10. The summed E-state index contributed by atoms with van der Waals surface area (Å²) >= 11 is 0. The number of hydrogen-bond acceptors (Lipinski definition) is 2. The lowest BCUT2D eigenvalue weighted by Crippen LogP contribution is -2.03. The summed E-state index contributed by atoms with van der Waals surface area (Å²) in [6.45, 7) is 0. The van der Waals surface area contributed by atoms with Crippen molar-refractivity contribution in [2.45, 2.75) is 25.2 Å². The van der Waals surface area contributed by atoms with Gasteiger partial charge in [0.25, 0.3) is 0 Å². The minimum Gasteiger partial charge on any atom is -0.496 e. The van der Waals surface area contributed by atoms with Crippen LogP contribution in [0.5, 0.6) is 5.75 Å². The molecule has 78 valence electrons. The molecule has 3 rings (SSSR count). The number of nitrogens with one attached hydrogen (secondary N) is 1. The van der Waals surface area contributed by atoms with Gasteiger partial charge < -0.3 is 10.1 Å². The van der Waals surface area contributed by atoms with Crippen LogP contribution < -0.4 is 10.1 Å². The molecule has 1 aliphatic carbocycles. The van der Waals surface area contributed by atoms with Gasteiger partial charge in [-0.05, 0) is 36.0 Å². The summed E-state index contributed by atoms with van der Waals surface area (Å²) in [5, 5.41) is 2.84. The number of fused-ring (bicyclic) bond motifs is 1. The van der Waals surface area contributed by atoms with E-state index in [2.05, 4.69) is 11.4 Å². The second-order valence-corrected chi connectivity index (χ2v) is 4.25. The van der Waals surface area contributed by atoms with Crippen LogP contribution in [-0.2, 0) is 11.2 Å². The topological polar surface area (TPSA) is 38.3 Å². The van der Waals surface area contributed by atoms with E-state index in [0.29, 0.717) is 12.3 Å². The number of benzene rings is 1. The van der Waals surface area contributed by atoms with Crippen LogP contribution >= 0.6 is 0 Å². The van der Waals surface area contributed by atoms with E-state index in [1.807, 2.05) is 6.07 Å². The Morgan fingerprint density at radius 2 is 2.20 bits per heavy atom. The highest BCUT2D eigenvalue weighted by molar-refractivity contribution is 5.99. The molecule has 2 aliphatic rings. The highest BCUT2D eigenvalue weighted by Gasteiger charge is 2.29. The molecule has 0 bridgehead atoms. The average Bonchev–Trinajstić information content (AvgIpc) is 2.98. The van der Waals surface area contributed by atoms with Crippen LogP contribution in [0.1, 0.15) is 29.9 Å². The number of ether oxygens (including phenoxy) is 1. The quantitative estimate of drug-likeness (QED) is 0.799. The summed E-state index contributed by atoms with van der Waals surface area (Å²) in [6.07, 6.45) is 3.01. The number of carbonyl (C=O) groups is 1. The zero-order valence-electron chi connectivity index (χ0n) is 8.67. The highest BCUT2D eigenvalue weighted by Crippen LogP contribution is 2.46. The second kappa shape index (κ2) is 2.99. The van der Waals surface area contributed by atoms with Crippen molar-refractivity contribution in [3.8, 4) is 5.75 Å². The van der Waals surface area contributed by atoms with E-state index in [4.69, 9.17) is 4.74 Å². The number of rotatable bonds is 2. The number of amides is 1. The van der Waals surface area contributed by atoms with E-state index >= 15 is 0 Å². The Morgan fingerprint density at radius 1 is 1.40 bits per heavy atom. The monoisotopic (exact) mass is 203 g/mol. The molecule has 0 radical (unpaired) electrons. The molecule has 1 fully saturated rings. The Bertz CT molecular complexity index is 435. The van der Waals surface area contributed by atoms with E-state index in [-0.39, 0.29) is 5.91 Å². The molecule has 1 heterocycles. The van der Waals surface area contributed by atoms with Gasteiger partial charge in [0.1, 0.15) is 5.75 Å². The second-order valence-electron chi connectivity index (χ2n) is 4.25. The first-order valence-corrected chi connectivity index (χ1v) is 5.28. The fourth-order valence-electron chi connectivity index (χ4n) is 2.16. The van der Waals surface area contributed by atoms with Crippen molar-refractivity contribution in [3.05, 3.63) is 23.3 Å². The van der Waals surface area contributed by atoms with Gasteiger partial charge in [0.15, 0.2) is 0 Å². The number of hydrogen-bond donors (Lipinski definition) is 1. The van der Waals surface area contributed by atoms with Crippen LogP contribution in [0.3, 0.4) is 0 Å². The lowest BCUT2D eigenvalue weighted by Gasteiger charge is -2.09. The molecule has 0 spiro atoms. The fourth-order valence-corrected chi connectivity index (χ4v) is 2.16. The number of carbonyl (C=O) groups excluding carboxylic acids is 1. The Balaban J connectivity index is 2.08. The molecule has 1 aromatic rings. The SMILES string of the molecule is COc1cc2c(cc1C1CC1)CC(=O)N2. The summed E-state index contributed by atoms with van der Waals surface area (Å²) in [5.74, 6) is 1.65. The van der Waals surface area contributed by atoms with Crippen LogP contribution in [0, 0.1) is 0 Å². The molecular weight excluding hydrogens is 190 g/mol. The standard InChI is InChI=1S/C12H13NO2/c1-15-11-6-10-8(5-12(14)13-10)4-9(11)7-2-3-7/h4,6-7H,2-3,5H2,1H3,(H,13,14). The maximum Gasteiger partial charge on any atom is 0.228 e. The largest absolute Gasteiger partial charge is 0.496 e. The van der Waals surface area contributed by atoms with Crippen LogP contribution in [0.25, 0.3) is 0 Å². The third kappa shape index (κ3) is 1.39. The number of methoxy groups -OCH3 is 1. The normalized spacial score (nSPS) is 18.6. The molecular formula is C12H13NO2. The third-order valence-corrected chi connectivity index (χ3v) is 3.10. The van der Waals surface area contributed by atoms with Gasteiger partial charge in [-0.2, -0.15) is 0 Å². The van der Waals surface area contributed by atoms with Crippen LogP contribution in [0.2, 0.25) is 0 Å². The van der Waals surface area contributed by atoms with Crippen molar-refractivity contribution in [2.24, 2.45) is 0 Å². The highest BCUT2D eigenvalue weighted by atomic mass is 16.5. The molecule has 15 heavy (non-hydrogen) atoms. The van der Waals surface area contributed by atoms with Crippen molar-refractivity contribution in [1.29, 1.82) is 0 Å². The first kappa shape index (κ1) is 8.77. The first-order valence-electron chi connectivity index (χ1n) is 5.28. The molecule has 0 aromatic heterocycles. The van der Waals surface area contributed by atoms with Crippen molar-refractivity contribution in [3.63, 3.8) is 0 Å². The fraction of sp³-hybridized carbons (Fsp3) is 0.417. The van der Waals surface area contributed by atoms with Crippen LogP contribution in [0.4, 0.5) is 5.69 Å². The van der Waals surface area contributed by atoms with E-state index in [1.54, 1.807) is 7.11 Å². The summed E-state index contributed by atoms with van der Waals surface area (Å²) < 4.78 is 5.36. The lowest BCUT2D eigenvalue weighted by molar-refractivity contribution is -0.115. The molecule has 1 saturated carbocycles. The molecule has 0 unspecified atom stereocenters. The van der Waals surface area contributed by atoms with Gasteiger partial charge >= 0.3 is 0 Å². The summed E-state index contributed by atoms with van der Waals surface area (Å²) in [7, 11) is 1.68. The summed E-state index contributed by atoms with van der Waals surface area (Å²) in [5.41, 5.74) is 3.30. The van der Waals surface area contributed by atoms with Gasteiger partial charge in [-0.15, -0.1) is 0 Å². The van der Waals surface area contributed by atoms with Gasteiger partial charge in [0, 0.05) is 11.8 Å². The molecule has 1 N–H and O–H groups in total. The lowest BCUT2D eigenvalue weighted by atomic mass is 10.0. The van der Waals surface area contributed by atoms with Gasteiger partial charge in [-0.25, -0.2) is 0 Å². The van der Waals surface area contributed by atoms with Gasteiger partial charge in [-0.3, -0.25) is 4.79 Å². The minimum atomic E-state index is 0.0833. The number of anilines is 1. The predicted octanol–water partition coefficient (Wildman–Crippen LogP) is 2.07. The molecule has 0 saturated heterocycles. The van der Waals surface area contributed by atoms with Gasteiger partial charge in [-0.1, -0.05) is 0 Å².